The molecule has 1 N–H and O–H groups in total. The van der Waals surface area contributed by atoms with Gasteiger partial charge in [-0.25, -0.2) is 0 Å². The van der Waals surface area contributed by atoms with Crippen molar-refractivity contribution in [2.45, 2.75) is 52.2 Å². The summed E-state index contributed by atoms with van der Waals surface area (Å²) < 4.78 is 17.0. The molecule has 0 bridgehead atoms. The Morgan fingerprint density at radius 3 is 2.57 bits per heavy atom. The molecule has 21 heavy (non-hydrogen) atoms. The fourth-order valence-corrected chi connectivity index (χ4v) is 2.73. The molecule has 0 amide bonds. The molecule has 4 heteroatoms. The molecule has 1 aliphatic rings. The van der Waals surface area contributed by atoms with E-state index in [2.05, 4.69) is 25.2 Å². The minimum atomic E-state index is -0.0517. The van der Waals surface area contributed by atoms with Gasteiger partial charge in [0.25, 0.3) is 0 Å². The Morgan fingerprint density at radius 1 is 1.19 bits per heavy atom. The molecule has 0 spiro atoms. The van der Waals surface area contributed by atoms with Crippen LogP contribution in [0.5, 0.6) is 11.5 Å². The molecule has 4 nitrogen and oxygen atoms in total. The van der Waals surface area contributed by atoms with Gasteiger partial charge in [-0.2, -0.15) is 0 Å². The van der Waals surface area contributed by atoms with Gasteiger partial charge in [0, 0.05) is 24.4 Å². The minimum absolute atomic E-state index is 0.0517. The van der Waals surface area contributed by atoms with E-state index in [0.29, 0.717) is 19.3 Å². The van der Waals surface area contributed by atoms with Crippen molar-refractivity contribution < 1.29 is 14.2 Å². The Hall–Kier alpha value is -1.42. The van der Waals surface area contributed by atoms with Crippen LogP contribution in [0.15, 0.2) is 18.2 Å². The molecule has 1 unspecified atom stereocenters. The third-order valence-electron chi connectivity index (χ3n) is 3.61. The zero-order chi connectivity index (χ0) is 15.3. The van der Waals surface area contributed by atoms with E-state index < -0.39 is 0 Å². The molecular formula is C17H27NO3. The van der Waals surface area contributed by atoms with Crippen molar-refractivity contribution in [3.63, 3.8) is 0 Å². The second kappa shape index (κ2) is 7.03. The molecule has 1 fully saturated rings. The molecule has 118 valence electrons. The quantitative estimate of drug-likeness (QED) is 0.864. The van der Waals surface area contributed by atoms with Gasteiger partial charge in [0.05, 0.1) is 18.8 Å². The largest absolute Gasteiger partial charge is 0.490 e. The lowest BCUT2D eigenvalue weighted by molar-refractivity contribution is -0.0553. The van der Waals surface area contributed by atoms with Crippen LogP contribution in [-0.4, -0.2) is 31.5 Å². The Bertz CT molecular complexity index is 459. The van der Waals surface area contributed by atoms with Crippen molar-refractivity contribution >= 4 is 5.69 Å². The molecule has 0 aliphatic carbocycles. The van der Waals surface area contributed by atoms with Crippen LogP contribution in [0.2, 0.25) is 0 Å². The Labute approximate surface area is 127 Å². The van der Waals surface area contributed by atoms with E-state index in [9.17, 15) is 0 Å². The molecule has 1 atom stereocenters. The average Bonchev–Trinajstić information content (AvgIpc) is 2.41. The normalized spacial score (nSPS) is 20.9. The van der Waals surface area contributed by atoms with Crippen molar-refractivity contribution in [3.8, 4) is 11.5 Å². The van der Waals surface area contributed by atoms with E-state index in [4.69, 9.17) is 14.2 Å². The van der Waals surface area contributed by atoms with Crippen molar-refractivity contribution in [3.05, 3.63) is 18.2 Å². The van der Waals surface area contributed by atoms with E-state index >= 15 is 0 Å². The maximum Gasteiger partial charge on any atom is 0.163 e. The number of hydrogen-bond donors (Lipinski definition) is 1. The van der Waals surface area contributed by atoms with Crippen LogP contribution in [0.4, 0.5) is 5.69 Å². The van der Waals surface area contributed by atoms with Gasteiger partial charge in [-0.05, 0) is 52.7 Å². The summed E-state index contributed by atoms with van der Waals surface area (Å²) in [5.41, 5.74) is 1.02. The second-order valence-corrected chi connectivity index (χ2v) is 5.97. The minimum Gasteiger partial charge on any atom is -0.490 e. The fourth-order valence-electron chi connectivity index (χ4n) is 2.73. The third-order valence-corrected chi connectivity index (χ3v) is 3.61. The topological polar surface area (TPSA) is 39.7 Å². The molecular weight excluding hydrogens is 266 g/mol. The standard InChI is InChI=1S/C17H27NO3/c1-5-19-15-8-7-13(11-16(15)20-6-2)18-14-9-10-21-17(3,4)12-14/h7-8,11,14,18H,5-6,9-10,12H2,1-4H3. The van der Waals surface area contributed by atoms with Crippen molar-refractivity contribution in [2.75, 3.05) is 25.1 Å². The van der Waals surface area contributed by atoms with Gasteiger partial charge in [-0.15, -0.1) is 0 Å². The molecule has 1 aromatic rings. The first-order valence-corrected chi connectivity index (χ1v) is 7.84. The van der Waals surface area contributed by atoms with Gasteiger partial charge in [-0.3, -0.25) is 0 Å². The smallest absolute Gasteiger partial charge is 0.163 e. The second-order valence-electron chi connectivity index (χ2n) is 5.97. The van der Waals surface area contributed by atoms with E-state index in [0.717, 1.165) is 36.6 Å². The first kappa shape index (κ1) is 16.0. The average molecular weight is 293 g/mol. The summed E-state index contributed by atoms with van der Waals surface area (Å²) in [7, 11) is 0. The maximum atomic E-state index is 5.76. The van der Waals surface area contributed by atoms with Crippen LogP contribution in [0.25, 0.3) is 0 Å². The van der Waals surface area contributed by atoms with Gasteiger partial charge >= 0.3 is 0 Å². The van der Waals surface area contributed by atoms with Crippen LogP contribution >= 0.6 is 0 Å². The van der Waals surface area contributed by atoms with Gasteiger partial charge in [0.1, 0.15) is 0 Å². The summed E-state index contributed by atoms with van der Waals surface area (Å²) in [6.07, 6.45) is 2.03. The highest BCUT2D eigenvalue weighted by molar-refractivity contribution is 5.55. The summed E-state index contributed by atoms with van der Waals surface area (Å²) in [5, 5.41) is 3.59. The third kappa shape index (κ3) is 4.53. The zero-order valence-electron chi connectivity index (χ0n) is 13.6. The summed E-state index contributed by atoms with van der Waals surface area (Å²) in [6, 6.07) is 6.48. The number of ether oxygens (including phenoxy) is 3. The predicted molar refractivity (Wildman–Crippen MR) is 85.5 cm³/mol. The highest BCUT2D eigenvalue weighted by Gasteiger charge is 2.28. The fraction of sp³-hybridized carbons (Fsp3) is 0.647. The lowest BCUT2D eigenvalue weighted by Gasteiger charge is -2.36. The molecule has 0 radical (unpaired) electrons. The highest BCUT2D eigenvalue weighted by Crippen LogP contribution is 2.32. The Kier molecular flexibility index (Phi) is 5.34. The molecule has 1 aliphatic heterocycles. The van der Waals surface area contributed by atoms with E-state index in [-0.39, 0.29) is 5.60 Å². The van der Waals surface area contributed by atoms with Gasteiger partial charge < -0.3 is 19.5 Å². The number of hydrogen-bond acceptors (Lipinski definition) is 4. The molecule has 1 heterocycles. The summed E-state index contributed by atoms with van der Waals surface area (Å²) in [5.74, 6) is 1.60. The maximum absolute atomic E-state index is 5.76. The van der Waals surface area contributed by atoms with E-state index in [1.54, 1.807) is 0 Å². The predicted octanol–water partition coefficient (Wildman–Crippen LogP) is 3.85. The summed E-state index contributed by atoms with van der Waals surface area (Å²) >= 11 is 0. The van der Waals surface area contributed by atoms with Gasteiger partial charge in [0.15, 0.2) is 11.5 Å². The first-order chi connectivity index (χ1) is 10.0. The van der Waals surface area contributed by atoms with Crippen LogP contribution < -0.4 is 14.8 Å². The molecule has 0 saturated carbocycles. The Balaban J connectivity index is 2.07. The lowest BCUT2D eigenvalue weighted by atomic mass is 9.94. The van der Waals surface area contributed by atoms with E-state index in [1.807, 2.05) is 26.0 Å². The first-order valence-electron chi connectivity index (χ1n) is 7.84. The highest BCUT2D eigenvalue weighted by atomic mass is 16.5. The monoisotopic (exact) mass is 293 g/mol. The number of benzene rings is 1. The zero-order valence-corrected chi connectivity index (χ0v) is 13.6. The van der Waals surface area contributed by atoms with E-state index in [1.165, 1.54) is 0 Å². The van der Waals surface area contributed by atoms with Crippen LogP contribution in [0.1, 0.15) is 40.5 Å². The summed E-state index contributed by atoms with van der Waals surface area (Å²) in [6.45, 7) is 10.3. The van der Waals surface area contributed by atoms with Crippen LogP contribution in [-0.2, 0) is 4.74 Å². The van der Waals surface area contributed by atoms with Crippen LogP contribution in [0, 0.1) is 0 Å². The van der Waals surface area contributed by atoms with Crippen molar-refractivity contribution in [2.24, 2.45) is 0 Å². The molecule has 1 saturated heterocycles. The van der Waals surface area contributed by atoms with Crippen molar-refractivity contribution in [1.29, 1.82) is 0 Å². The van der Waals surface area contributed by atoms with Gasteiger partial charge in [0.2, 0.25) is 0 Å². The molecule has 2 rings (SSSR count). The Morgan fingerprint density at radius 2 is 1.90 bits per heavy atom. The molecule has 0 aromatic heterocycles. The van der Waals surface area contributed by atoms with Crippen molar-refractivity contribution in [1.82, 2.24) is 0 Å². The summed E-state index contributed by atoms with van der Waals surface area (Å²) in [4.78, 5) is 0. The molecule has 1 aromatic carbocycles. The number of nitrogens with one attached hydrogen (secondary N) is 1. The number of anilines is 1. The SMILES string of the molecule is CCOc1ccc(NC2CCOC(C)(C)C2)cc1OCC. The number of rotatable bonds is 6. The van der Waals surface area contributed by atoms with Crippen LogP contribution in [0.3, 0.4) is 0 Å². The lowest BCUT2D eigenvalue weighted by Crippen LogP contribution is -2.40. The van der Waals surface area contributed by atoms with Gasteiger partial charge in [-0.1, -0.05) is 0 Å².